The van der Waals surface area contributed by atoms with Gasteiger partial charge in [0.05, 0.1) is 12.1 Å². The minimum atomic E-state index is -0.567. The van der Waals surface area contributed by atoms with Crippen molar-refractivity contribution >= 4 is 17.5 Å². The molecule has 0 aliphatic carbocycles. The largest absolute Gasteiger partial charge is 0.366 e. The SMILES string of the molecule is CCN1C(=O)Cc2ccccc2C1C(=O)N1CCN(c2ccccc2F)CC1. The average Bonchev–Trinajstić information content (AvgIpc) is 2.73. The van der Waals surface area contributed by atoms with Crippen LogP contribution in [0.1, 0.15) is 24.1 Å². The van der Waals surface area contributed by atoms with Crippen molar-refractivity contribution in [3.05, 3.63) is 65.5 Å². The molecule has 0 aromatic heterocycles. The number of fused-ring (bicyclic) bond motifs is 1. The summed E-state index contributed by atoms with van der Waals surface area (Å²) in [6.45, 7) is 4.57. The maximum Gasteiger partial charge on any atom is 0.250 e. The van der Waals surface area contributed by atoms with Gasteiger partial charge in [-0.05, 0) is 30.2 Å². The summed E-state index contributed by atoms with van der Waals surface area (Å²) >= 11 is 0. The number of anilines is 1. The predicted molar refractivity (Wildman–Crippen MR) is 105 cm³/mol. The van der Waals surface area contributed by atoms with Crippen LogP contribution in [0.5, 0.6) is 0 Å². The molecule has 2 aromatic rings. The summed E-state index contributed by atoms with van der Waals surface area (Å²) < 4.78 is 14.1. The van der Waals surface area contributed by atoms with E-state index in [2.05, 4.69) is 0 Å². The molecule has 0 N–H and O–H groups in total. The van der Waals surface area contributed by atoms with Gasteiger partial charge in [0.1, 0.15) is 11.9 Å². The second-order valence-corrected chi connectivity index (χ2v) is 7.22. The van der Waals surface area contributed by atoms with E-state index in [1.807, 2.05) is 42.2 Å². The van der Waals surface area contributed by atoms with Crippen LogP contribution in [0.15, 0.2) is 48.5 Å². The highest BCUT2D eigenvalue weighted by Gasteiger charge is 2.39. The fourth-order valence-electron chi connectivity index (χ4n) is 4.21. The molecule has 6 heteroatoms. The van der Waals surface area contributed by atoms with Crippen molar-refractivity contribution in [3.63, 3.8) is 0 Å². The Morgan fingerprint density at radius 1 is 1.04 bits per heavy atom. The summed E-state index contributed by atoms with van der Waals surface area (Å²) in [5.74, 6) is -0.300. The lowest BCUT2D eigenvalue weighted by atomic mass is 9.91. The number of carbonyl (C=O) groups excluding carboxylic acids is 2. The number of nitrogens with zero attached hydrogens (tertiary/aromatic N) is 3. The fourth-order valence-corrected chi connectivity index (χ4v) is 4.21. The summed E-state index contributed by atoms with van der Waals surface area (Å²) in [5, 5.41) is 0. The first kappa shape index (κ1) is 18.5. The van der Waals surface area contributed by atoms with Crippen LogP contribution >= 0.6 is 0 Å². The van der Waals surface area contributed by atoms with E-state index in [-0.39, 0.29) is 17.6 Å². The van der Waals surface area contributed by atoms with Gasteiger partial charge >= 0.3 is 0 Å². The van der Waals surface area contributed by atoms with Gasteiger partial charge in [-0.3, -0.25) is 9.59 Å². The van der Waals surface area contributed by atoms with Crippen LogP contribution in [-0.2, 0) is 16.0 Å². The minimum absolute atomic E-state index is 0.00968. The molecule has 1 unspecified atom stereocenters. The molecule has 1 atom stereocenters. The number of hydrogen-bond donors (Lipinski definition) is 0. The summed E-state index contributed by atoms with van der Waals surface area (Å²) in [6, 6.07) is 13.8. The molecule has 4 rings (SSSR count). The molecule has 0 radical (unpaired) electrons. The van der Waals surface area contributed by atoms with Gasteiger partial charge in [0.15, 0.2) is 0 Å². The Kier molecular flexibility index (Phi) is 5.03. The van der Waals surface area contributed by atoms with E-state index < -0.39 is 6.04 Å². The van der Waals surface area contributed by atoms with Crippen molar-refractivity contribution in [3.8, 4) is 0 Å². The van der Waals surface area contributed by atoms with Crippen LogP contribution in [0, 0.1) is 5.82 Å². The van der Waals surface area contributed by atoms with Gasteiger partial charge in [-0.2, -0.15) is 0 Å². The lowest BCUT2D eigenvalue weighted by Gasteiger charge is -2.41. The zero-order valence-corrected chi connectivity index (χ0v) is 16.0. The number of benzene rings is 2. The maximum atomic E-state index is 14.1. The Morgan fingerprint density at radius 3 is 2.43 bits per heavy atom. The second-order valence-electron chi connectivity index (χ2n) is 7.22. The maximum absolute atomic E-state index is 14.1. The van der Waals surface area contributed by atoms with Crippen molar-refractivity contribution in [2.24, 2.45) is 0 Å². The third kappa shape index (κ3) is 3.23. The molecule has 2 aliphatic heterocycles. The Balaban J connectivity index is 1.53. The fraction of sp³-hybridized carbons (Fsp3) is 0.364. The van der Waals surface area contributed by atoms with Crippen LogP contribution < -0.4 is 4.90 Å². The van der Waals surface area contributed by atoms with E-state index in [9.17, 15) is 14.0 Å². The average molecular weight is 381 g/mol. The Hall–Kier alpha value is -2.89. The highest BCUT2D eigenvalue weighted by atomic mass is 19.1. The normalized spacial score (nSPS) is 19.6. The highest BCUT2D eigenvalue weighted by molar-refractivity contribution is 5.92. The topological polar surface area (TPSA) is 43.9 Å². The van der Waals surface area contributed by atoms with E-state index in [0.29, 0.717) is 44.8 Å². The molecule has 5 nitrogen and oxygen atoms in total. The summed E-state index contributed by atoms with van der Waals surface area (Å²) in [4.78, 5) is 31.4. The molecule has 1 saturated heterocycles. The van der Waals surface area contributed by atoms with Crippen LogP contribution in [0.2, 0.25) is 0 Å². The van der Waals surface area contributed by atoms with Crippen LogP contribution in [0.3, 0.4) is 0 Å². The molecule has 2 aliphatic rings. The molecular formula is C22H24FN3O2. The molecule has 146 valence electrons. The zero-order chi connectivity index (χ0) is 19.7. The molecule has 2 amide bonds. The van der Waals surface area contributed by atoms with Crippen LogP contribution in [-0.4, -0.2) is 54.3 Å². The van der Waals surface area contributed by atoms with Gasteiger partial charge in [0.2, 0.25) is 11.8 Å². The third-order valence-corrected chi connectivity index (χ3v) is 5.68. The van der Waals surface area contributed by atoms with Crippen LogP contribution in [0.25, 0.3) is 0 Å². The number of likely N-dealkylation sites (N-methyl/N-ethyl adjacent to an activating group) is 1. The van der Waals surface area contributed by atoms with E-state index in [0.717, 1.165) is 11.1 Å². The first-order valence-corrected chi connectivity index (χ1v) is 9.75. The predicted octanol–water partition coefficient (Wildman–Crippen LogP) is 2.62. The summed E-state index contributed by atoms with van der Waals surface area (Å²) in [6.07, 6.45) is 0.342. The van der Waals surface area contributed by atoms with Gasteiger partial charge in [0.25, 0.3) is 0 Å². The second kappa shape index (κ2) is 7.62. The van der Waals surface area contributed by atoms with Crippen molar-refractivity contribution in [1.82, 2.24) is 9.80 Å². The quantitative estimate of drug-likeness (QED) is 0.821. The zero-order valence-electron chi connectivity index (χ0n) is 16.0. The molecular weight excluding hydrogens is 357 g/mol. The van der Waals surface area contributed by atoms with Gasteiger partial charge in [-0.25, -0.2) is 4.39 Å². The monoisotopic (exact) mass is 381 g/mol. The van der Waals surface area contributed by atoms with Crippen LogP contribution in [0.4, 0.5) is 10.1 Å². The van der Waals surface area contributed by atoms with Crippen molar-refractivity contribution < 1.29 is 14.0 Å². The lowest BCUT2D eigenvalue weighted by molar-refractivity contribution is -0.147. The molecule has 0 saturated carbocycles. The molecule has 1 fully saturated rings. The smallest absolute Gasteiger partial charge is 0.250 e. The Morgan fingerprint density at radius 2 is 1.71 bits per heavy atom. The molecule has 2 aromatic carbocycles. The summed E-state index contributed by atoms with van der Waals surface area (Å²) in [5.41, 5.74) is 2.42. The lowest BCUT2D eigenvalue weighted by Crippen LogP contribution is -2.54. The van der Waals surface area contributed by atoms with Crippen molar-refractivity contribution in [1.29, 1.82) is 0 Å². The Bertz CT molecular complexity index is 893. The van der Waals surface area contributed by atoms with Crippen molar-refractivity contribution in [2.45, 2.75) is 19.4 Å². The van der Waals surface area contributed by atoms with Gasteiger partial charge in [-0.15, -0.1) is 0 Å². The number of rotatable bonds is 3. The number of para-hydroxylation sites is 1. The Labute approximate surface area is 164 Å². The van der Waals surface area contributed by atoms with Crippen molar-refractivity contribution in [2.75, 3.05) is 37.6 Å². The summed E-state index contributed by atoms with van der Waals surface area (Å²) in [7, 11) is 0. The number of halogens is 1. The van der Waals surface area contributed by atoms with E-state index in [1.54, 1.807) is 21.9 Å². The molecule has 28 heavy (non-hydrogen) atoms. The highest BCUT2D eigenvalue weighted by Crippen LogP contribution is 2.32. The van der Waals surface area contributed by atoms with E-state index in [4.69, 9.17) is 0 Å². The van der Waals surface area contributed by atoms with Gasteiger partial charge in [0, 0.05) is 32.7 Å². The first-order valence-electron chi connectivity index (χ1n) is 9.75. The number of carbonyl (C=O) groups is 2. The molecule has 2 heterocycles. The number of hydrogen-bond acceptors (Lipinski definition) is 3. The standard InChI is InChI=1S/C22H24FN3O2/c1-2-26-20(27)15-16-7-3-4-8-17(16)21(26)22(28)25-13-11-24(12-14-25)19-10-6-5-9-18(19)23/h3-10,21H,2,11-15H2,1H3. The van der Waals surface area contributed by atoms with E-state index in [1.165, 1.54) is 6.07 Å². The first-order chi connectivity index (χ1) is 13.6. The van der Waals surface area contributed by atoms with Gasteiger partial charge < -0.3 is 14.7 Å². The molecule has 0 bridgehead atoms. The number of amides is 2. The number of piperazine rings is 1. The third-order valence-electron chi connectivity index (χ3n) is 5.68. The minimum Gasteiger partial charge on any atom is -0.366 e. The molecule has 0 spiro atoms. The van der Waals surface area contributed by atoms with E-state index >= 15 is 0 Å². The van der Waals surface area contributed by atoms with Gasteiger partial charge in [-0.1, -0.05) is 36.4 Å².